The van der Waals surface area contributed by atoms with Gasteiger partial charge in [0.1, 0.15) is 0 Å². The maximum atomic E-state index is 13.1. The molecule has 5 aliphatic rings. The molecule has 1 heterocycles. The third-order valence-corrected chi connectivity index (χ3v) is 10.3. The number of benzene rings is 3. The lowest BCUT2D eigenvalue weighted by molar-refractivity contribution is -0.252. The average Bonchev–Trinajstić information content (AvgIpc) is 3.01. The van der Waals surface area contributed by atoms with E-state index < -0.39 is 6.29 Å². The van der Waals surface area contributed by atoms with Crippen molar-refractivity contribution >= 4 is 11.7 Å². The summed E-state index contributed by atoms with van der Waals surface area (Å²) in [7, 11) is 2.13. The number of carbonyl (C=O) groups excluding carboxylic acids is 1. The van der Waals surface area contributed by atoms with E-state index in [4.69, 9.17) is 9.47 Å². The van der Waals surface area contributed by atoms with Crippen LogP contribution >= 0.6 is 0 Å². The second kappa shape index (κ2) is 12.6. The molecule has 7 nitrogen and oxygen atoms in total. The Bertz CT molecular complexity index is 1380. The lowest BCUT2D eigenvalue weighted by atomic mass is 9.53. The van der Waals surface area contributed by atoms with E-state index in [1.54, 1.807) is 0 Å². The molecule has 4 aliphatic carbocycles. The zero-order chi connectivity index (χ0) is 30.1. The fourth-order valence-corrected chi connectivity index (χ4v) is 8.73. The Labute approximate surface area is 260 Å². The number of hydrogen-bond donors (Lipinski definition) is 3. The van der Waals surface area contributed by atoms with Crippen LogP contribution in [-0.2, 0) is 22.6 Å². The maximum absolute atomic E-state index is 13.1. The molecule has 3 N–H and O–H groups in total. The zero-order valence-electron chi connectivity index (χ0n) is 25.7. The Hall–Kier alpha value is -3.23. The van der Waals surface area contributed by atoms with Gasteiger partial charge in [-0.15, -0.1) is 0 Å². The highest BCUT2D eigenvalue weighted by Crippen LogP contribution is 2.55. The van der Waals surface area contributed by atoms with Gasteiger partial charge in [0.05, 0.1) is 18.8 Å². The van der Waals surface area contributed by atoms with Crippen molar-refractivity contribution in [1.82, 2.24) is 10.2 Å². The molecule has 8 rings (SSSR count). The number of aliphatic hydroxyl groups excluding tert-OH is 1. The highest BCUT2D eigenvalue weighted by molar-refractivity contribution is 5.89. The Kier molecular flexibility index (Phi) is 8.47. The number of carbonyl (C=O) groups is 1. The van der Waals surface area contributed by atoms with Crippen LogP contribution in [0, 0.1) is 17.8 Å². The van der Waals surface area contributed by atoms with Gasteiger partial charge in [-0.1, -0.05) is 66.7 Å². The first-order valence-electron chi connectivity index (χ1n) is 16.3. The maximum Gasteiger partial charge on any atom is 0.319 e. The Morgan fingerprint density at radius 1 is 0.818 bits per heavy atom. The molecule has 0 aromatic heterocycles. The molecule has 44 heavy (non-hydrogen) atoms. The quantitative estimate of drug-likeness (QED) is 0.250. The standard InChI is InChI=1S/C37H45N3O4/c1-40(22-25-5-3-2-4-6-25)23-33-18-34(30-9-7-26(24-41)8-10-30)44-35(43-33)31-11-13-32(14-12-31)38-36(42)39-37-19-27-15-28(20-37)17-29(16-27)21-37/h2-14,27-29,33-35,41H,15-24H2,1H3,(H2,38,39,42)/t27?,28?,29?,33-,34+,35+,37?/m0/s1. The van der Waals surface area contributed by atoms with Crippen molar-refractivity contribution in [2.45, 2.75) is 82.1 Å². The molecule has 3 aromatic carbocycles. The molecule has 1 saturated heterocycles. The zero-order valence-corrected chi connectivity index (χ0v) is 25.7. The number of aliphatic hydroxyl groups is 1. The van der Waals surface area contributed by atoms with Gasteiger partial charge in [0, 0.05) is 36.3 Å². The third-order valence-electron chi connectivity index (χ3n) is 10.3. The fraction of sp³-hybridized carbons (Fsp3) is 0.486. The van der Waals surface area contributed by atoms with Crippen molar-refractivity contribution in [2.75, 3.05) is 18.9 Å². The normalized spacial score (nSPS) is 30.8. The number of nitrogens with zero attached hydrogens (tertiary/aromatic N) is 1. The largest absolute Gasteiger partial charge is 0.392 e. The smallest absolute Gasteiger partial charge is 0.319 e. The first-order chi connectivity index (χ1) is 21.4. The second-order valence-electron chi connectivity index (χ2n) is 13.9. The van der Waals surface area contributed by atoms with Gasteiger partial charge < -0.3 is 25.2 Å². The highest BCUT2D eigenvalue weighted by Gasteiger charge is 2.51. The lowest BCUT2D eigenvalue weighted by Crippen LogP contribution is -2.60. The molecule has 3 aromatic rings. The van der Waals surface area contributed by atoms with Gasteiger partial charge in [0.15, 0.2) is 6.29 Å². The van der Waals surface area contributed by atoms with E-state index in [9.17, 15) is 9.90 Å². The van der Waals surface area contributed by atoms with E-state index in [0.717, 1.165) is 78.9 Å². The molecule has 1 aliphatic heterocycles. The van der Waals surface area contributed by atoms with Crippen LogP contribution in [0.4, 0.5) is 10.5 Å². The lowest BCUT2D eigenvalue weighted by Gasteiger charge is -2.56. The van der Waals surface area contributed by atoms with Crippen molar-refractivity contribution in [1.29, 1.82) is 0 Å². The minimum absolute atomic E-state index is 0.0182. The number of likely N-dealkylation sites (N-methyl/N-ethyl adjacent to an activating group) is 1. The summed E-state index contributed by atoms with van der Waals surface area (Å²) < 4.78 is 13.1. The van der Waals surface area contributed by atoms with E-state index in [1.807, 2.05) is 54.6 Å². The second-order valence-corrected chi connectivity index (χ2v) is 13.9. The van der Waals surface area contributed by atoms with Gasteiger partial charge in [-0.25, -0.2) is 4.79 Å². The number of anilines is 1. The van der Waals surface area contributed by atoms with Gasteiger partial charge in [-0.2, -0.15) is 0 Å². The molecule has 7 heteroatoms. The topological polar surface area (TPSA) is 83.1 Å². The Morgan fingerprint density at radius 3 is 2.09 bits per heavy atom. The molecule has 5 fully saturated rings. The molecule has 0 spiro atoms. The van der Waals surface area contributed by atoms with Crippen LogP contribution < -0.4 is 10.6 Å². The molecule has 4 bridgehead atoms. The first kappa shape index (κ1) is 29.5. The molecular formula is C37H45N3O4. The Morgan fingerprint density at radius 2 is 1.45 bits per heavy atom. The van der Waals surface area contributed by atoms with Gasteiger partial charge in [-0.3, -0.25) is 4.90 Å². The van der Waals surface area contributed by atoms with Crippen LogP contribution in [0.25, 0.3) is 0 Å². The highest BCUT2D eigenvalue weighted by atomic mass is 16.7. The van der Waals surface area contributed by atoms with Crippen LogP contribution in [0.5, 0.6) is 0 Å². The predicted molar refractivity (Wildman–Crippen MR) is 171 cm³/mol. The van der Waals surface area contributed by atoms with Crippen LogP contribution in [0.3, 0.4) is 0 Å². The third kappa shape index (κ3) is 6.71. The summed E-state index contributed by atoms with van der Waals surface area (Å²) in [6.45, 7) is 1.63. The van der Waals surface area contributed by atoms with E-state index in [2.05, 4.69) is 46.8 Å². The summed E-state index contributed by atoms with van der Waals surface area (Å²) in [6, 6.07) is 26.2. The first-order valence-corrected chi connectivity index (χ1v) is 16.3. The summed E-state index contributed by atoms with van der Waals surface area (Å²) in [4.78, 5) is 15.4. The van der Waals surface area contributed by atoms with Crippen LogP contribution in [0.2, 0.25) is 0 Å². The van der Waals surface area contributed by atoms with E-state index in [1.165, 1.54) is 24.8 Å². The van der Waals surface area contributed by atoms with Crippen LogP contribution in [0.15, 0.2) is 78.9 Å². The number of hydrogen-bond acceptors (Lipinski definition) is 5. The van der Waals surface area contributed by atoms with Crippen molar-refractivity contribution in [3.05, 3.63) is 101 Å². The summed E-state index contributed by atoms with van der Waals surface area (Å²) in [6.07, 6.45) is 7.49. The molecule has 4 saturated carbocycles. The van der Waals surface area contributed by atoms with Gasteiger partial charge in [-0.05, 0) is 92.1 Å². The summed E-state index contributed by atoms with van der Waals surface area (Å²) in [5, 5.41) is 16.0. The number of nitrogens with one attached hydrogen (secondary N) is 2. The van der Waals surface area contributed by atoms with Crippen molar-refractivity contribution in [2.24, 2.45) is 17.8 Å². The van der Waals surface area contributed by atoms with E-state index in [-0.39, 0.29) is 30.4 Å². The van der Waals surface area contributed by atoms with Gasteiger partial charge >= 0.3 is 6.03 Å². The van der Waals surface area contributed by atoms with Crippen molar-refractivity contribution < 1.29 is 19.4 Å². The average molecular weight is 596 g/mol. The monoisotopic (exact) mass is 595 g/mol. The number of urea groups is 1. The van der Waals surface area contributed by atoms with E-state index in [0.29, 0.717) is 0 Å². The molecule has 232 valence electrons. The van der Waals surface area contributed by atoms with Crippen LogP contribution in [-0.4, -0.2) is 41.3 Å². The van der Waals surface area contributed by atoms with Crippen molar-refractivity contribution in [3.63, 3.8) is 0 Å². The SMILES string of the molecule is CN(Cc1ccccc1)C[C@@H]1C[C@H](c2ccc(CO)cc2)O[C@H](c2ccc(NC(=O)NC34CC5CC(CC(C5)C3)C4)cc2)O1. The predicted octanol–water partition coefficient (Wildman–Crippen LogP) is 6.95. The molecule has 2 amide bonds. The molecular weight excluding hydrogens is 550 g/mol. The minimum Gasteiger partial charge on any atom is -0.392 e. The number of rotatable bonds is 9. The number of amides is 2. The van der Waals surface area contributed by atoms with E-state index >= 15 is 0 Å². The summed E-state index contributed by atoms with van der Waals surface area (Å²) in [5.74, 6) is 2.36. The molecule has 3 atom stereocenters. The molecule has 0 unspecified atom stereocenters. The Balaban J connectivity index is 1.02. The summed E-state index contributed by atoms with van der Waals surface area (Å²) in [5.41, 5.74) is 4.89. The fourth-order valence-electron chi connectivity index (χ4n) is 8.73. The summed E-state index contributed by atoms with van der Waals surface area (Å²) >= 11 is 0. The van der Waals surface area contributed by atoms with Gasteiger partial charge in [0.25, 0.3) is 0 Å². The number of ether oxygens (including phenoxy) is 2. The molecule has 0 radical (unpaired) electrons. The van der Waals surface area contributed by atoms with Crippen molar-refractivity contribution in [3.8, 4) is 0 Å². The van der Waals surface area contributed by atoms with Gasteiger partial charge in [0.2, 0.25) is 0 Å². The van der Waals surface area contributed by atoms with Crippen LogP contribution in [0.1, 0.15) is 79.6 Å². The minimum atomic E-state index is -0.531.